The van der Waals surface area contributed by atoms with Gasteiger partial charge in [0, 0.05) is 18.6 Å². The summed E-state index contributed by atoms with van der Waals surface area (Å²) in [6, 6.07) is 21.6. The maximum Gasteiger partial charge on any atom is 0.310 e. The van der Waals surface area contributed by atoms with Crippen LogP contribution in [0.5, 0.6) is 23.0 Å². The number of esters is 1. The first-order valence-corrected chi connectivity index (χ1v) is 12.8. The zero-order valence-electron chi connectivity index (χ0n) is 22.2. The number of hydrogen-bond donors (Lipinski definition) is 3. The molecule has 0 atom stereocenters. The highest BCUT2D eigenvalue weighted by Gasteiger charge is 2.12. The number of ether oxygens (including phenoxy) is 1. The molecular weight excluding hydrogens is 540 g/mol. The minimum absolute atomic E-state index is 0.0491. The van der Waals surface area contributed by atoms with E-state index in [2.05, 4.69) is 0 Å². The van der Waals surface area contributed by atoms with E-state index in [1.54, 1.807) is 43.3 Å². The normalized spacial score (nSPS) is 10.7. The Bertz CT molecular complexity index is 2020. The fourth-order valence-corrected chi connectivity index (χ4v) is 4.17. The summed E-state index contributed by atoms with van der Waals surface area (Å²) in [5, 5.41) is 28.7. The Morgan fingerprint density at radius 2 is 1.10 bits per heavy atom. The lowest BCUT2D eigenvalue weighted by atomic mass is 10.1. The van der Waals surface area contributed by atoms with Gasteiger partial charge in [0.25, 0.3) is 0 Å². The first kappa shape index (κ1) is 27.7. The summed E-state index contributed by atoms with van der Waals surface area (Å²) in [5.74, 6) is 0.297. The van der Waals surface area contributed by atoms with E-state index >= 15 is 0 Å². The van der Waals surface area contributed by atoms with Crippen LogP contribution in [0.4, 0.5) is 0 Å². The van der Waals surface area contributed by atoms with E-state index in [0.29, 0.717) is 49.9 Å². The number of hydrogen-bond acceptors (Lipinski definition) is 9. The summed E-state index contributed by atoms with van der Waals surface area (Å²) >= 11 is 0. The third kappa shape index (κ3) is 5.85. The van der Waals surface area contributed by atoms with Crippen molar-refractivity contribution >= 4 is 27.9 Å². The SMILES string of the molecule is CCC(=O)Oc1ccc2c(=O)c(-c3ccc(O)cc3)coc2c1.O=c1c(-c2ccc(O)cc2)coc2cc(O)ccc12. The lowest BCUT2D eigenvalue weighted by Gasteiger charge is -2.05. The van der Waals surface area contributed by atoms with Crippen molar-refractivity contribution in [2.24, 2.45) is 0 Å². The molecule has 0 aliphatic carbocycles. The van der Waals surface area contributed by atoms with Gasteiger partial charge in [-0.05, 0) is 59.7 Å². The van der Waals surface area contributed by atoms with Gasteiger partial charge in [0.15, 0.2) is 10.9 Å². The second kappa shape index (κ2) is 11.7. The Balaban J connectivity index is 0.000000171. The predicted octanol–water partition coefficient (Wildman–Crippen LogP) is 6.35. The Hall–Kier alpha value is -5.83. The Morgan fingerprint density at radius 1 is 0.643 bits per heavy atom. The van der Waals surface area contributed by atoms with Gasteiger partial charge in [-0.25, -0.2) is 0 Å². The van der Waals surface area contributed by atoms with Crippen molar-refractivity contribution in [3.63, 3.8) is 0 Å². The Kier molecular flexibility index (Phi) is 7.74. The first-order valence-electron chi connectivity index (χ1n) is 12.8. The number of carbonyl (C=O) groups excluding carboxylic acids is 1. The summed E-state index contributed by atoms with van der Waals surface area (Å²) in [7, 11) is 0. The molecule has 0 spiro atoms. The molecule has 42 heavy (non-hydrogen) atoms. The van der Waals surface area contributed by atoms with E-state index in [0.717, 1.165) is 0 Å². The number of aromatic hydroxyl groups is 3. The summed E-state index contributed by atoms with van der Waals surface area (Å²) < 4.78 is 16.0. The second-order valence-electron chi connectivity index (χ2n) is 9.22. The third-order valence-corrected chi connectivity index (χ3v) is 6.38. The van der Waals surface area contributed by atoms with Crippen LogP contribution in [0.25, 0.3) is 44.2 Å². The zero-order valence-corrected chi connectivity index (χ0v) is 22.2. The first-order chi connectivity index (χ1) is 20.2. The monoisotopic (exact) mass is 564 g/mol. The van der Waals surface area contributed by atoms with Gasteiger partial charge in [-0.1, -0.05) is 31.2 Å². The molecule has 4 aromatic carbocycles. The molecule has 0 unspecified atom stereocenters. The van der Waals surface area contributed by atoms with Crippen molar-refractivity contribution < 1.29 is 33.7 Å². The van der Waals surface area contributed by atoms with E-state index in [1.807, 2.05) is 0 Å². The van der Waals surface area contributed by atoms with Crippen LogP contribution in [0.3, 0.4) is 0 Å². The van der Waals surface area contributed by atoms with Gasteiger partial charge >= 0.3 is 5.97 Å². The van der Waals surface area contributed by atoms with Crippen molar-refractivity contribution in [3.8, 4) is 45.3 Å². The molecule has 2 heterocycles. The molecule has 9 heteroatoms. The lowest BCUT2D eigenvalue weighted by Crippen LogP contribution is -2.07. The molecule has 0 aliphatic rings. The van der Waals surface area contributed by atoms with Gasteiger partial charge in [0.2, 0.25) is 0 Å². The van der Waals surface area contributed by atoms with Gasteiger partial charge in [-0.2, -0.15) is 0 Å². The maximum absolute atomic E-state index is 12.6. The molecule has 0 radical (unpaired) electrons. The average Bonchev–Trinajstić information content (AvgIpc) is 2.99. The van der Waals surface area contributed by atoms with Crippen LogP contribution >= 0.6 is 0 Å². The molecule has 210 valence electrons. The summed E-state index contributed by atoms with van der Waals surface area (Å²) in [4.78, 5) is 36.2. The van der Waals surface area contributed by atoms with Gasteiger partial charge in [-0.15, -0.1) is 0 Å². The van der Waals surface area contributed by atoms with E-state index in [1.165, 1.54) is 61.1 Å². The molecule has 6 aromatic rings. The van der Waals surface area contributed by atoms with Crippen LogP contribution in [0, 0.1) is 0 Å². The number of rotatable bonds is 4. The van der Waals surface area contributed by atoms with Crippen LogP contribution in [0.15, 0.2) is 116 Å². The van der Waals surface area contributed by atoms with E-state index < -0.39 is 0 Å². The fourth-order valence-electron chi connectivity index (χ4n) is 4.17. The van der Waals surface area contributed by atoms with E-state index in [4.69, 9.17) is 13.6 Å². The van der Waals surface area contributed by atoms with Crippen molar-refractivity contribution in [2.75, 3.05) is 0 Å². The summed E-state index contributed by atoms with van der Waals surface area (Å²) in [6.45, 7) is 1.70. The van der Waals surface area contributed by atoms with Crippen LogP contribution in [-0.4, -0.2) is 21.3 Å². The average molecular weight is 565 g/mol. The smallest absolute Gasteiger partial charge is 0.310 e. The van der Waals surface area contributed by atoms with Crippen molar-refractivity contribution in [1.82, 2.24) is 0 Å². The molecule has 9 nitrogen and oxygen atoms in total. The molecule has 0 bridgehead atoms. The molecule has 0 fully saturated rings. The number of carbonyl (C=O) groups is 1. The minimum atomic E-state index is -0.354. The van der Waals surface area contributed by atoms with Crippen LogP contribution < -0.4 is 15.6 Å². The quantitative estimate of drug-likeness (QED) is 0.164. The molecule has 2 aromatic heterocycles. The Morgan fingerprint density at radius 3 is 1.60 bits per heavy atom. The number of fused-ring (bicyclic) bond motifs is 2. The number of benzene rings is 4. The largest absolute Gasteiger partial charge is 0.508 e. The molecule has 3 N–H and O–H groups in total. The number of phenols is 3. The van der Waals surface area contributed by atoms with E-state index in [-0.39, 0.29) is 40.5 Å². The standard InChI is InChI=1S/C18H14O5.C15H10O4/c1-2-17(20)23-13-7-8-14-16(9-13)22-10-15(18(14)21)11-3-5-12(19)6-4-11;16-10-3-1-9(2-4-10)13-8-19-14-7-11(17)5-6-12(14)15(13)18/h3-10,19H,2H2,1H3;1-8,16-17H. The molecule has 0 aliphatic heterocycles. The molecule has 0 amide bonds. The van der Waals surface area contributed by atoms with E-state index in [9.17, 15) is 29.7 Å². The highest BCUT2D eigenvalue weighted by atomic mass is 16.5. The van der Waals surface area contributed by atoms with Crippen molar-refractivity contribution in [2.45, 2.75) is 13.3 Å². The molecule has 6 rings (SSSR count). The zero-order chi connectivity index (χ0) is 29.8. The van der Waals surface area contributed by atoms with Gasteiger partial charge < -0.3 is 28.9 Å². The van der Waals surface area contributed by atoms with Crippen LogP contribution in [-0.2, 0) is 4.79 Å². The highest BCUT2D eigenvalue weighted by Crippen LogP contribution is 2.25. The van der Waals surface area contributed by atoms with Crippen molar-refractivity contribution in [1.29, 1.82) is 0 Å². The Labute approximate surface area is 238 Å². The third-order valence-electron chi connectivity index (χ3n) is 6.38. The highest BCUT2D eigenvalue weighted by molar-refractivity contribution is 5.84. The second-order valence-corrected chi connectivity index (χ2v) is 9.22. The van der Waals surface area contributed by atoms with Crippen LogP contribution in [0.1, 0.15) is 13.3 Å². The molecule has 0 saturated carbocycles. The topological polar surface area (TPSA) is 147 Å². The predicted molar refractivity (Wildman–Crippen MR) is 157 cm³/mol. The fraction of sp³-hybridized carbons (Fsp3) is 0.0606. The molecular formula is C33H24O9. The number of phenolic OH excluding ortho intramolecular Hbond substituents is 3. The van der Waals surface area contributed by atoms with Crippen LogP contribution in [0.2, 0.25) is 0 Å². The molecule has 0 saturated heterocycles. The summed E-state index contributed by atoms with van der Waals surface area (Å²) in [5.41, 5.74) is 2.46. The maximum atomic E-state index is 12.6. The lowest BCUT2D eigenvalue weighted by molar-refractivity contribution is -0.134. The van der Waals surface area contributed by atoms with Crippen molar-refractivity contribution in [3.05, 3.63) is 118 Å². The van der Waals surface area contributed by atoms with Gasteiger partial charge in [0.1, 0.15) is 46.7 Å². The van der Waals surface area contributed by atoms with Gasteiger partial charge in [0.05, 0.1) is 21.9 Å². The van der Waals surface area contributed by atoms with Gasteiger partial charge in [-0.3, -0.25) is 14.4 Å². The minimum Gasteiger partial charge on any atom is -0.508 e. The summed E-state index contributed by atoms with van der Waals surface area (Å²) in [6.07, 6.45) is 2.99.